The Balaban J connectivity index is 1.44. The van der Waals surface area contributed by atoms with Crippen molar-refractivity contribution in [3.63, 3.8) is 0 Å². The van der Waals surface area contributed by atoms with Gasteiger partial charge in [0.2, 0.25) is 0 Å². The minimum atomic E-state index is -0.668. The number of carbonyl (C=O) groups excluding carboxylic acids is 2. The topological polar surface area (TPSA) is 92.3 Å². The van der Waals surface area contributed by atoms with Gasteiger partial charge in [-0.15, -0.1) is 0 Å². The average Bonchev–Trinajstić information content (AvgIpc) is 2.70. The predicted octanol–water partition coefficient (Wildman–Crippen LogP) is 2.03. The van der Waals surface area contributed by atoms with Crippen molar-refractivity contribution < 1.29 is 33.3 Å². The molecule has 0 fully saturated rings. The Labute approximate surface area is 155 Å². The third-order valence-corrected chi connectivity index (χ3v) is 3.60. The molecule has 1 N–H and O–H groups in total. The monoisotopic (exact) mass is 373 g/mol. The number of amides is 1. The van der Waals surface area contributed by atoms with E-state index >= 15 is 0 Å². The van der Waals surface area contributed by atoms with E-state index in [9.17, 15) is 9.59 Å². The molecule has 0 bridgehead atoms. The van der Waals surface area contributed by atoms with Crippen LogP contribution in [0.25, 0.3) is 0 Å². The number of carbonyl (C=O) groups is 2. The number of fused-ring (bicyclic) bond motifs is 1. The summed E-state index contributed by atoms with van der Waals surface area (Å²) in [7, 11) is 1.50. The zero-order valence-corrected chi connectivity index (χ0v) is 14.7. The number of hydrogen-bond donors (Lipinski definition) is 1. The molecule has 0 unspecified atom stereocenters. The maximum atomic E-state index is 11.9. The van der Waals surface area contributed by atoms with Crippen LogP contribution in [-0.4, -0.2) is 45.4 Å². The Morgan fingerprint density at radius 2 is 1.74 bits per heavy atom. The summed E-state index contributed by atoms with van der Waals surface area (Å²) in [4.78, 5) is 23.7. The molecule has 2 aromatic rings. The van der Waals surface area contributed by atoms with E-state index in [2.05, 4.69) is 5.32 Å². The molecule has 0 saturated carbocycles. The smallest absolute Gasteiger partial charge is 0.344 e. The number of nitrogens with one attached hydrogen (secondary N) is 1. The molecule has 27 heavy (non-hydrogen) atoms. The molecule has 0 aromatic heterocycles. The summed E-state index contributed by atoms with van der Waals surface area (Å²) in [6, 6.07) is 12.0. The Bertz CT molecular complexity index is 821. The molecular formula is C19H19NO7. The fourth-order valence-corrected chi connectivity index (χ4v) is 2.38. The van der Waals surface area contributed by atoms with Gasteiger partial charge in [0.15, 0.2) is 36.2 Å². The van der Waals surface area contributed by atoms with Crippen molar-refractivity contribution >= 4 is 17.6 Å². The molecule has 1 aliphatic rings. The molecule has 0 radical (unpaired) electrons. The molecule has 2 aromatic carbocycles. The largest absolute Gasteiger partial charge is 0.493 e. The lowest BCUT2D eigenvalue weighted by Crippen LogP contribution is -2.24. The number of esters is 1. The maximum Gasteiger partial charge on any atom is 0.344 e. The van der Waals surface area contributed by atoms with Gasteiger partial charge in [-0.3, -0.25) is 4.79 Å². The second kappa shape index (κ2) is 8.79. The van der Waals surface area contributed by atoms with Crippen LogP contribution in [0.4, 0.5) is 5.69 Å². The molecule has 0 atom stereocenters. The van der Waals surface area contributed by atoms with Gasteiger partial charge in [0.25, 0.3) is 5.91 Å². The lowest BCUT2D eigenvalue weighted by molar-refractivity contribution is -0.149. The summed E-state index contributed by atoms with van der Waals surface area (Å²) in [5.41, 5.74) is 0.519. The van der Waals surface area contributed by atoms with Crippen LogP contribution in [0.15, 0.2) is 42.5 Å². The molecule has 0 saturated heterocycles. The summed E-state index contributed by atoms with van der Waals surface area (Å²) in [5, 5.41) is 2.63. The fraction of sp³-hybridized carbons (Fsp3) is 0.263. The summed E-state index contributed by atoms with van der Waals surface area (Å²) in [5.74, 6) is 0.954. The van der Waals surface area contributed by atoms with Crippen molar-refractivity contribution in [1.82, 2.24) is 0 Å². The first-order valence-electron chi connectivity index (χ1n) is 8.26. The third kappa shape index (κ3) is 5.04. The minimum absolute atomic E-state index is 0.336. The number of hydrogen-bond acceptors (Lipinski definition) is 7. The summed E-state index contributed by atoms with van der Waals surface area (Å²) >= 11 is 0. The van der Waals surface area contributed by atoms with Gasteiger partial charge in [-0.2, -0.15) is 0 Å². The molecular weight excluding hydrogens is 354 g/mol. The fourth-order valence-electron chi connectivity index (χ4n) is 2.38. The highest BCUT2D eigenvalue weighted by molar-refractivity contribution is 5.93. The highest BCUT2D eigenvalue weighted by Crippen LogP contribution is 2.32. The third-order valence-electron chi connectivity index (χ3n) is 3.60. The van der Waals surface area contributed by atoms with Crippen LogP contribution in [0.1, 0.15) is 0 Å². The zero-order chi connectivity index (χ0) is 19.1. The highest BCUT2D eigenvalue weighted by atomic mass is 16.6. The number of ether oxygens (including phenoxy) is 5. The van der Waals surface area contributed by atoms with E-state index in [1.54, 1.807) is 42.5 Å². The zero-order valence-electron chi connectivity index (χ0n) is 14.7. The summed E-state index contributed by atoms with van der Waals surface area (Å²) < 4.78 is 26.2. The molecule has 8 nitrogen and oxygen atoms in total. The maximum absolute atomic E-state index is 11.9. The van der Waals surface area contributed by atoms with Crippen LogP contribution >= 0.6 is 0 Å². The van der Waals surface area contributed by atoms with Gasteiger partial charge in [-0.05, 0) is 24.3 Å². The van der Waals surface area contributed by atoms with Gasteiger partial charge >= 0.3 is 5.97 Å². The molecule has 1 heterocycles. The Morgan fingerprint density at radius 1 is 1.00 bits per heavy atom. The Morgan fingerprint density at radius 3 is 2.52 bits per heavy atom. The van der Waals surface area contributed by atoms with Gasteiger partial charge in [0.1, 0.15) is 13.2 Å². The minimum Gasteiger partial charge on any atom is -0.493 e. The van der Waals surface area contributed by atoms with Crippen LogP contribution in [0.2, 0.25) is 0 Å². The number of para-hydroxylation sites is 2. The molecule has 0 spiro atoms. The van der Waals surface area contributed by atoms with Crippen molar-refractivity contribution in [2.24, 2.45) is 0 Å². The van der Waals surface area contributed by atoms with Crippen molar-refractivity contribution in [1.29, 1.82) is 0 Å². The quantitative estimate of drug-likeness (QED) is 0.743. The molecule has 142 valence electrons. The van der Waals surface area contributed by atoms with Gasteiger partial charge in [-0.1, -0.05) is 12.1 Å². The van der Waals surface area contributed by atoms with E-state index in [1.807, 2.05) is 0 Å². The van der Waals surface area contributed by atoms with E-state index in [-0.39, 0.29) is 6.61 Å². The Kier molecular flexibility index (Phi) is 5.98. The van der Waals surface area contributed by atoms with Crippen LogP contribution < -0.4 is 24.3 Å². The first-order chi connectivity index (χ1) is 13.2. The van der Waals surface area contributed by atoms with E-state index in [1.165, 1.54) is 7.11 Å². The van der Waals surface area contributed by atoms with Gasteiger partial charge in [0, 0.05) is 11.8 Å². The molecule has 8 heteroatoms. The van der Waals surface area contributed by atoms with Crippen molar-refractivity contribution in [2.75, 3.05) is 38.9 Å². The highest BCUT2D eigenvalue weighted by Gasteiger charge is 2.14. The van der Waals surface area contributed by atoms with Crippen LogP contribution in [0.5, 0.6) is 23.0 Å². The van der Waals surface area contributed by atoms with Crippen molar-refractivity contribution in [3.05, 3.63) is 42.5 Å². The summed E-state index contributed by atoms with van der Waals surface area (Å²) in [6.45, 7) is 0.181. The molecule has 1 amide bonds. The van der Waals surface area contributed by atoms with Crippen molar-refractivity contribution in [3.8, 4) is 23.0 Å². The average molecular weight is 373 g/mol. The number of anilines is 1. The number of methoxy groups -OCH3 is 1. The van der Waals surface area contributed by atoms with Crippen molar-refractivity contribution in [2.45, 2.75) is 0 Å². The lowest BCUT2D eigenvalue weighted by atomic mass is 10.2. The molecule has 0 aliphatic carbocycles. The van der Waals surface area contributed by atoms with Crippen LogP contribution in [0, 0.1) is 0 Å². The first-order valence-corrected chi connectivity index (χ1v) is 8.26. The van der Waals surface area contributed by atoms with E-state index in [4.69, 9.17) is 23.7 Å². The first kappa shape index (κ1) is 18.4. The van der Waals surface area contributed by atoms with Crippen LogP contribution in [-0.2, 0) is 14.3 Å². The Hall–Kier alpha value is -3.42. The van der Waals surface area contributed by atoms with Gasteiger partial charge < -0.3 is 29.0 Å². The number of rotatable bonds is 7. The predicted molar refractivity (Wildman–Crippen MR) is 95.5 cm³/mol. The van der Waals surface area contributed by atoms with E-state index < -0.39 is 18.5 Å². The van der Waals surface area contributed by atoms with E-state index in [0.717, 1.165) is 0 Å². The van der Waals surface area contributed by atoms with E-state index in [0.29, 0.717) is 41.9 Å². The van der Waals surface area contributed by atoms with Gasteiger partial charge in [0.05, 0.1) is 7.11 Å². The lowest BCUT2D eigenvalue weighted by Gasteiger charge is -2.19. The molecule has 3 rings (SSSR count). The van der Waals surface area contributed by atoms with Crippen LogP contribution in [0.3, 0.4) is 0 Å². The second-order valence-electron chi connectivity index (χ2n) is 5.51. The molecule has 1 aliphatic heterocycles. The second-order valence-corrected chi connectivity index (χ2v) is 5.51. The standard InChI is InChI=1S/C19H19NO7/c1-23-14-4-2-3-5-15(14)26-12-19(22)27-11-18(21)20-13-6-7-16-17(10-13)25-9-8-24-16/h2-7,10H,8-9,11-12H2,1H3,(H,20,21). The summed E-state index contributed by atoms with van der Waals surface area (Å²) in [6.07, 6.45) is 0. The number of benzene rings is 2. The SMILES string of the molecule is COc1ccccc1OCC(=O)OCC(=O)Nc1ccc2c(c1)OCCO2. The normalized spacial score (nSPS) is 12.0. The van der Waals surface area contributed by atoms with Gasteiger partial charge in [-0.25, -0.2) is 4.79 Å².